The molecule has 332 valence electrons. The molecule has 2 saturated heterocycles. The molecule has 2 aliphatic rings. The summed E-state index contributed by atoms with van der Waals surface area (Å²) >= 11 is 0. The Bertz CT molecular complexity index is 1960. The molecule has 0 bridgehead atoms. The van der Waals surface area contributed by atoms with Gasteiger partial charge < -0.3 is 83.9 Å². The number of aryl methyl sites for hydroxylation is 1. The zero-order chi connectivity index (χ0) is 43.7. The molecule has 19 nitrogen and oxygen atoms in total. The number of anilines is 1. The van der Waals surface area contributed by atoms with E-state index in [1.807, 2.05) is 0 Å². The van der Waals surface area contributed by atoms with E-state index in [0.29, 0.717) is 17.4 Å². The van der Waals surface area contributed by atoms with Crippen molar-refractivity contribution in [3.8, 4) is 28.7 Å². The van der Waals surface area contributed by atoms with E-state index >= 15 is 0 Å². The number of unbranched alkanes of at least 4 members (excludes halogenated alkanes) is 5. The molecule has 0 spiro atoms. The number of pyridine rings is 1. The molecule has 60 heavy (non-hydrogen) atoms. The Morgan fingerprint density at radius 2 is 1.30 bits per heavy atom. The molecule has 1 aromatic heterocycles. The number of ether oxygens (including phenoxy) is 7. The lowest BCUT2D eigenvalue weighted by Crippen LogP contribution is -2.60. The molecular formula is C41H56N2O17. The van der Waals surface area contributed by atoms with Gasteiger partial charge in [0.2, 0.25) is 30.0 Å². The Morgan fingerprint density at radius 3 is 1.85 bits per heavy atom. The average molecular weight is 849 g/mol. The van der Waals surface area contributed by atoms with Gasteiger partial charge in [-0.25, -0.2) is 0 Å². The first-order chi connectivity index (χ1) is 28.8. The van der Waals surface area contributed by atoms with Gasteiger partial charge in [-0.15, -0.1) is 0 Å². The molecule has 0 unspecified atom stereocenters. The van der Waals surface area contributed by atoms with Crippen molar-refractivity contribution in [3.63, 3.8) is 0 Å². The van der Waals surface area contributed by atoms with Crippen LogP contribution < -0.4 is 34.6 Å². The van der Waals surface area contributed by atoms with Gasteiger partial charge in [-0.3, -0.25) is 9.59 Å². The van der Waals surface area contributed by atoms with Gasteiger partial charge >= 0.3 is 0 Å². The monoisotopic (exact) mass is 848 g/mol. The summed E-state index contributed by atoms with van der Waals surface area (Å²) in [4.78, 5) is 27.0. The first-order valence-electron chi connectivity index (χ1n) is 19.8. The second kappa shape index (κ2) is 21.3. The molecule has 3 aromatic rings. The maximum absolute atomic E-state index is 13.8. The van der Waals surface area contributed by atoms with Crippen molar-refractivity contribution in [2.45, 2.75) is 107 Å². The van der Waals surface area contributed by atoms with Crippen molar-refractivity contribution >= 4 is 28.6 Å². The number of rotatable bonds is 19. The van der Waals surface area contributed by atoms with Crippen molar-refractivity contribution in [2.24, 2.45) is 7.05 Å². The smallest absolute Gasteiger partial charge is 0.297 e. The van der Waals surface area contributed by atoms with Gasteiger partial charge in [0.15, 0.2) is 17.2 Å². The van der Waals surface area contributed by atoms with Gasteiger partial charge in [-0.1, -0.05) is 39.0 Å². The Balaban J connectivity index is 1.38. The predicted molar refractivity (Wildman–Crippen MR) is 214 cm³/mol. The molecule has 10 atom stereocenters. The summed E-state index contributed by atoms with van der Waals surface area (Å²) in [5.41, 5.74) is 0.394. The maximum atomic E-state index is 13.8. The lowest BCUT2D eigenvalue weighted by atomic mass is 9.99. The van der Waals surface area contributed by atoms with Crippen LogP contribution in [0.25, 0.3) is 17.0 Å². The van der Waals surface area contributed by atoms with E-state index in [0.717, 1.165) is 32.1 Å². The molecule has 1 amide bonds. The van der Waals surface area contributed by atoms with Crippen LogP contribution in [0.4, 0.5) is 5.69 Å². The molecule has 0 aliphatic carbocycles. The van der Waals surface area contributed by atoms with Crippen LogP contribution in [-0.2, 0) is 21.3 Å². The highest BCUT2D eigenvalue weighted by Crippen LogP contribution is 2.41. The molecule has 19 heteroatoms. The molecule has 0 radical (unpaired) electrons. The molecule has 2 aromatic carbocycles. The summed E-state index contributed by atoms with van der Waals surface area (Å²) in [6.07, 6.45) is -7.16. The normalized spacial score (nSPS) is 26.9. The van der Waals surface area contributed by atoms with Crippen molar-refractivity contribution in [3.05, 3.63) is 52.3 Å². The molecule has 5 rings (SSSR count). The lowest BCUT2D eigenvalue weighted by molar-refractivity contribution is -0.277. The number of nitrogens with zero attached hydrogens (tertiary/aromatic N) is 1. The number of carbonyl (C=O) groups is 1. The Hall–Kier alpha value is -4.54. The highest BCUT2D eigenvalue weighted by molar-refractivity contribution is 6.03. The van der Waals surface area contributed by atoms with Crippen LogP contribution in [0, 0.1) is 0 Å². The quantitative estimate of drug-likeness (QED) is 0.0580. The van der Waals surface area contributed by atoms with Crippen LogP contribution in [0.2, 0.25) is 0 Å². The van der Waals surface area contributed by atoms with E-state index in [1.54, 1.807) is 12.1 Å². The van der Waals surface area contributed by atoms with E-state index in [2.05, 4.69) is 12.2 Å². The average Bonchev–Trinajstić information content (AvgIpc) is 3.25. The zero-order valence-corrected chi connectivity index (χ0v) is 33.9. The number of methoxy groups -OCH3 is 2. The fourth-order valence-corrected chi connectivity index (χ4v) is 6.89. The fraction of sp³-hybridized carbons (Fsp3) is 0.561. The van der Waals surface area contributed by atoms with Crippen LogP contribution >= 0.6 is 0 Å². The first kappa shape index (κ1) is 46.5. The van der Waals surface area contributed by atoms with Crippen LogP contribution in [0.15, 0.2) is 41.2 Å². The molecular weight excluding hydrogens is 792 g/mol. The largest absolute Gasteiger partial charge is 0.493 e. The van der Waals surface area contributed by atoms with Crippen molar-refractivity contribution < 1.29 is 78.8 Å². The molecule has 2 fully saturated rings. The Kier molecular flexibility index (Phi) is 16.5. The number of aliphatic hydroxyl groups excluding tert-OH is 8. The number of hydrogen-bond acceptors (Lipinski definition) is 17. The van der Waals surface area contributed by atoms with E-state index in [9.17, 15) is 50.4 Å². The zero-order valence-electron chi connectivity index (χ0n) is 33.9. The highest BCUT2D eigenvalue weighted by Gasteiger charge is 2.46. The van der Waals surface area contributed by atoms with Gasteiger partial charge in [0.25, 0.3) is 5.56 Å². The second-order valence-corrected chi connectivity index (χ2v) is 14.6. The molecule has 9 N–H and O–H groups in total. The number of fused-ring (bicyclic) bond motifs is 1. The van der Waals surface area contributed by atoms with E-state index in [4.69, 9.17) is 33.2 Å². The summed E-state index contributed by atoms with van der Waals surface area (Å²) in [6.45, 7) is 0.968. The van der Waals surface area contributed by atoms with Gasteiger partial charge in [-0.05, 0) is 48.4 Å². The standard InChI is InChI=1S/C41H56N2O17/c1-5-6-7-8-9-10-15-56-38-36(59-40-34(51)32(49)30(47)27(19-44)57-40)23-13-12-22(18-24(23)43(2)39(38)53)42-29(46)14-11-21-16-25(54-3)37(26(17-21)55-4)60-41-35(52)33(50)31(48)28(20-45)58-41/h11-14,16-18,27-28,30-35,40-41,44-45,47-52H,5-10,15,19-20H2,1-4H3,(H,42,46)/b14-11+/t27-,28-,30-,31-,32+,33+,34+,35+,40-,41-/m1/s1. The van der Waals surface area contributed by atoms with E-state index < -0.39 is 86.1 Å². The molecule has 0 saturated carbocycles. The van der Waals surface area contributed by atoms with Crippen molar-refractivity contribution in [1.29, 1.82) is 0 Å². The number of amides is 1. The Labute approximate surface area is 345 Å². The SMILES string of the molecule is CCCCCCCCOc1c(O[C@H]2O[C@H](CO)[C@@H](O)[C@H](O)[C@@H]2O)c2ccc(NC(=O)/C=C/c3cc(OC)c(O[C@H]4O[C@H](CO)[C@@H](O)[C@H](O)[C@@H]4O)c(OC)c3)cc2n(C)c1=O. The second-order valence-electron chi connectivity index (χ2n) is 14.6. The number of benzene rings is 2. The van der Waals surface area contributed by atoms with Gasteiger partial charge in [0, 0.05) is 24.2 Å². The van der Waals surface area contributed by atoms with Gasteiger partial charge in [0.05, 0.1) is 39.6 Å². The number of nitrogens with one attached hydrogen (secondary N) is 1. The minimum atomic E-state index is -1.76. The lowest BCUT2D eigenvalue weighted by Gasteiger charge is -2.39. The number of carbonyl (C=O) groups excluding carboxylic acids is 1. The topological polar surface area (TPSA) is 278 Å². The number of aromatic nitrogens is 1. The van der Waals surface area contributed by atoms with Crippen LogP contribution in [0.1, 0.15) is 51.0 Å². The summed E-state index contributed by atoms with van der Waals surface area (Å²) in [5, 5.41) is 84.6. The Morgan fingerprint density at radius 1 is 0.750 bits per heavy atom. The van der Waals surface area contributed by atoms with Crippen molar-refractivity contribution in [2.75, 3.05) is 39.4 Å². The summed E-state index contributed by atoms with van der Waals surface area (Å²) in [7, 11) is 4.19. The minimum Gasteiger partial charge on any atom is -0.493 e. The van der Waals surface area contributed by atoms with Crippen LogP contribution in [-0.4, -0.2) is 147 Å². The number of aliphatic hydroxyl groups is 8. The van der Waals surface area contributed by atoms with E-state index in [-0.39, 0.29) is 46.6 Å². The third kappa shape index (κ3) is 10.5. The third-order valence-corrected chi connectivity index (χ3v) is 10.4. The fourth-order valence-electron chi connectivity index (χ4n) is 6.89. The summed E-state index contributed by atoms with van der Waals surface area (Å²) in [6, 6.07) is 7.64. The summed E-state index contributed by atoms with van der Waals surface area (Å²) in [5.74, 6) is -0.694. The van der Waals surface area contributed by atoms with E-state index in [1.165, 1.54) is 56.2 Å². The first-order valence-corrected chi connectivity index (χ1v) is 19.8. The number of hydrogen-bond donors (Lipinski definition) is 9. The molecule has 3 heterocycles. The maximum Gasteiger partial charge on any atom is 0.297 e. The van der Waals surface area contributed by atoms with Crippen LogP contribution in [0.3, 0.4) is 0 Å². The van der Waals surface area contributed by atoms with Gasteiger partial charge in [-0.2, -0.15) is 0 Å². The van der Waals surface area contributed by atoms with Crippen molar-refractivity contribution in [1.82, 2.24) is 4.57 Å². The highest BCUT2D eigenvalue weighted by atomic mass is 16.7. The third-order valence-electron chi connectivity index (χ3n) is 10.4. The minimum absolute atomic E-state index is 0.0291. The summed E-state index contributed by atoms with van der Waals surface area (Å²) < 4.78 is 41.2. The van der Waals surface area contributed by atoms with Gasteiger partial charge in [0.1, 0.15) is 48.8 Å². The molecule has 2 aliphatic heterocycles. The van der Waals surface area contributed by atoms with Crippen LogP contribution in [0.5, 0.6) is 28.7 Å². The predicted octanol–water partition coefficient (Wildman–Crippen LogP) is 0.304.